The number of ether oxygens (including phenoxy) is 2. The molecular formula is C20H25FN2O2. The average molecular weight is 344 g/mol. The van der Waals surface area contributed by atoms with Gasteiger partial charge in [-0.15, -0.1) is 0 Å². The Labute approximate surface area is 148 Å². The molecule has 2 aromatic carbocycles. The molecule has 25 heavy (non-hydrogen) atoms. The Morgan fingerprint density at radius 2 is 1.88 bits per heavy atom. The highest BCUT2D eigenvalue weighted by Gasteiger charge is 2.15. The third kappa shape index (κ3) is 5.18. The van der Waals surface area contributed by atoms with E-state index in [-0.39, 0.29) is 11.9 Å². The van der Waals surface area contributed by atoms with Crippen LogP contribution in [0.4, 0.5) is 10.1 Å². The van der Waals surface area contributed by atoms with Crippen molar-refractivity contribution in [1.82, 2.24) is 5.32 Å². The molecule has 0 aliphatic carbocycles. The molecule has 1 fully saturated rings. The Balaban J connectivity index is 1.48. The second-order valence-corrected chi connectivity index (χ2v) is 6.27. The van der Waals surface area contributed by atoms with Gasteiger partial charge in [0.1, 0.15) is 18.2 Å². The Morgan fingerprint density at radius 3 is 2.60 bits per heavy atom. The van der Waals surface area contributed by atoms with E-state index in [9.17, 15) is 4.39 Å². The lowest BCUT2D eigenvalue weighted by molar-refractivity contribution is 0.0213. The van der Waals surface area contributed by atoms with Crippen LogP contribution in [0.2, 0.25) is 0 Å². The van der Waals surface area contributed by atoms with Crippen molar-refractivity contribution >= 4 is 5.69 Å². The third-order valence-electron chi connectivity index (χ3n) is 4.24. The summed E-state index contributed by atoms with van der Waals surface area (Å²) >= 11 is 0. The van der Waals surface area contributed by atoms with E-state index >= 15 is 0 Å². The Kier molecular flexibility index (Phi) is 6.25. The quantitative estimate of drug-likeness (QED) is 0.836. The van der Waals surface area contributed by atoms with Crippen LogP contribution in [-0.2, 0) is 11.3 Å². The number of benzene rings is 2. The molecule has 1 atom stereocenters. The number of halogens is 1. The maximum Gasteiger partial charge on any atom is 0.150 e. The zero-order valence-electron chi connectivity index (χ0n) is 14.6. The molecular weight excluding hydrogens is 319 g/mol. The second kappa shape index (κ2) is 8.83. The summed E-state index contributed by atoms with van der Waals surface area (Å²) in [5.74, 6) is 0.295. The number of hydrogen-bond acceptors (Lipinski definition) is 4. The van der Waals surface area contributed by atoms with Crippen molar-refractivity contribution in [3.63, 3.8) is 0 Å². The molecule has 1 N–H and O–H groups in total. The Hall–Kier alpha value is -2.11. The maximum atomic E-state index is 14.4. The van der Waals surface area contributed by atoms with Crippen molar-refractivity contribution in [2.45, 2.75) is 19.6 Å². The zero-order chi connectivity index (χ0) is 17.5. The Bertz CT molecular complexity index is 660. The largest absolute Gasteiger partial charge is 0.491 e. The first-order chi connectivity index (χ1) is 12.2. The van der Waals surface area contributed by atoms with Gasteiger partial charge < -0.3 is 19.7 Å². The van der Waals surface area contributed by atoms with Crippen LogP contribution in [0.25, 0.3) is 0 Å². The molecule has 4 nitrogen and oxygen atoms in total. The van der Waals surface area contributed by atoms with Crippen LogP contribution in [0.15, 0.2) is 48.5 Å². The molecule has 0 aromatic heterocycles. The fourth-order valence-corrected chi connectivity index (χ4v) is 2.81. The van der Waals surface area contributed by atoms with Crippen molar-refractivity contribution in [3.05, 3.63) is 59.9 Å². The lowest BCUT2D eigenvalue weighted by atomic mass is 10.2. The second-order valence-electron chi connectivity index (χ2n) is 6.27. The summed E-state index contributed by atoms with van der Waals surface area (Å²) in [6.07, 6.45) is -0.0730. The SMILES string of the molecule is CC(COc1ccc(N2CCNCC2)c(F)c1)OCc1ccccc1. The van der Waals surface area contributed by atoms with Crippen LogP contribution in [0.1, 0.15) is 12.5 Å². The number of nitrogens with one attached hydrogen (secondary N) is 1. The lowest BCUT2D eigenvalue weighted by Crippen LogP contribution is -2.43. The highest BCUT2D eigenvalue weighted by atomic mass is 19.1. The molecule has 5 heteroatoms. The number of nitrogens with zero attached hydrogens (tertiary/aromatic N) is 1. The fraction of sp³-hybridized carbons (Fsp3) is 0.400. The first-order valence-electron chi connectivity index (χ1n) is 8.76. The molecule has 1 heterocycles. The number of anilines is 1. The summed E-state index contributed by atoms with van der Waals surface area (Å²) in [5, 5.41) is 3.27. The third-order valence-corrected chi connectivity index (χ3v) is 4.24. The van der Waals surface area contributed by atoms with E-state index in [1.807, 2.05) is 43.3 Å². The molecule has 1 aliphatic rings. The summed E-state index contributed by atoms with van der Waals surface area (Å²) in [6.45, 7) is 6.29. The molecule has 0 radical (unpaired) electrons. The summed E-state index contributed by atoms with van der Waals surface area (Å²) in [6, 6.07) is 15.1. The van der Waals surface area contributed by atoms with Crippen LogP contribution in [-0.4, -0.2) is 38.9 Å². The normalized spacial score (nSPS) is 15.8. The first-order valence-corrected chi connectivity index (χ1v) is 8.76. The van der Waals surface area contributed by atoms with Crippen molar-refractivity contribution < 1.29 is 13.9 Å². The minimum atomic E-state index is -0.239. The van der Waals surface area contributed by atoms with Gasteiger partial charge in [-0.05, 0) is 24.6 Å². The summed E-state index contributed by atoms with van der Waals surface area (Å²) in [4.78, 5) is 2.06. The molecule has 1 unspecified atom stereocenters. The fourth-order valence-electron chi connectivity index (χ4n) is 2.81. The zero-order valence-corrected chi connectivity index (χ0v) is 14.6. The van der Waals surface area contributed by atoms with Crippen LogP contribution >= 0.6 is 0 Å². The van der Waals surface area contributed by atoms with Crippen molar-refractivity contribution in [2.75, 3.05) is 37.7 Å². The molecule has 2 aromatic rings. The van der Waals surface area contributed by atoms with Gasteiger partial charge in [0.25, 0.3) is 0 Å². The van der Waals surface area contributed by atoms with Crippen molar-refractivity contribution in [2.24, 2.45) is 0 Å². The standard InChI is InChI=1S/C20H25FN2O2/c1-16(24-15-17-5-3-2-4-6-17)14-25-18-7-8-20(19(21)13-18)23-11-9-22-10-12-23/h2-8,13,16,22H,9-12,14-15H2,1H3. The summed E-state index contributed by atoms with van der Waals surface area (Å²) in [5.41, 5.74) is 1.77. The monoisotopic (exact) mass is 344 g/mol. The predicted molar refractivity (Wildman–Crippen MR) is 97.7 cm³/mol. The summed E-state index contributed by atoms with van der Waals surface area (Å²) in [7, 11) is 0. The van der Waals surface area contributed by atoms with Crippen molar-refractivity contribution in [3.8, 4) is 5.75 Å². The molecule has 0 saturated carbocycles. The highest BCUT2D eigenvalue weighted by Crippen LogP contribution is 2.24. The van der Waals surface area contributed by atoms with Gasteiger partial charge in [-0.3, -0.25) is 0 Å². The van der Waals surface area contributed by atoms with E-state index in [0.29, 0.717) is 24.7 Å². The topological polar surface area (TPSA) is 33.7 Å². The van der Waals surface area contributed by atoms with Crippen LogP contribution in [0.3, 0.4) is 0 Å². The van der Waals surface area contributed by atoms with Crippen LogP contribution < -0.4 is 15.0 Å². The smallest absolute Gasteiger partial charge is 0.150 e. The van der Waals surface area contributed by atoms with E-state index < -0.39 is 0 Å². The van der Waals surface area contributed by atoms with Crippen LogP contribution in [0.5, 0.6) is 5.75 Å². The minimum Gasteiger partial charge on any atom is -0.491 e. The van der Waals surface area contributed by atoms with E-state index in [1.165, 1.54) is 6.07 Å². The van der Waals surface area contributed by atoms with Gasteiger partial charge in [0, 0.05) is 32.2 Å². The van der Waals surface area contributed by atoms with Crippen LogP contribution in [0, 0.1) is 5.82 Å². The predicted octanol–water partition coefficient (Wildman–Crippen LogP) is 3.22. The van der Waals surface area contributed by atoms with E-state index in [4.69, 9.17) is 9.47 Å². The van der Waals surface area contributed by atoms with Gasteiger partial charge >= 0.3 is 0 Å². The van der Waals surface area contributed by atoms with E-state index in [1.54, 1.807) is 6.07 Å². The van der Waals surface area contributed by atoms with Gasteiger partial charge in [-0.2, -0.15) is 0 Å². The Morgan fingerprint density at radius 1 is 1.12 bits per heavy atom. The van der Waals surface area contributed by atoms with Gasteiger partial charge in [-0.25, -0.2) is 4.39 Å². The van der Waals surface area contributed by atoms with Gasteiger partial charge in [-0.1, -0.05) is 30.3 Å². The molecule has 1 saturated heterocycles. The maximum absolute atomic E-state index is 14.4. The van der Waals surface area contributed by atoms with Gasteiger partial charge in [0.2, 0.25) is 0 Å². The van der Waals surface area contributed by atoms with Gasteiger partial charge in [0.15, 0.2) is 0 Å². The number of piperazine rings is 1. The lowest BCUT2D eigenvalue weighted by Gasteiger charge is -2.29. The molecule has 3 rings (SSSR count). The summed E-state index contributed by atoms with van der Waals surface area (Å²) < 4.78 is 25.8. The molecule has 0 bridgehead atoms. The number of hydrogen-bond donors (Lipinski definition) is 1. The molecule has 0 spiro atoms. The molecule has 0 amide bonds. The molecule has 134 valence electrons. The van der Waals surface area contributed by atoms with Gasteiger partial charge in [0.05, 0.1) is 18.4 Å². The highest BCUT2D eigenvalue weighted by molar-refractivity contribution is 5.51. The van der Waals surface area contributed by atoms with Crippen molar-refractivity contribution in [1.29, 1.82) is 0 Å². The average Bonchev–Trinajstić information content (AvgIpc) is 2.66. The van der Waals surface area contributed by atoms with E-state index in [2.05, 4.69) is 10.2 Å². The number of rotatable bonds is 7. The first kappa shape index (κ1) is 17.7. The van der Waals surface area contributed by atoms with E-state index in [0.717, 1.165) is 31.7 Å². The minimum absolute atomic E-state index is 0.0730. The molecule has 1 aliphatic heterocycles.